The monoisotopic (exact) mass is 351 g/mol. The summed E-state index contributed by atoms with van der Waals surface area (Å²) in [6.45, 7) is 0.401. The average Bonchev–Trinajstić information content (AvgIpc) is 2.68. The number of nitrogens with zero attached hydrogens (tertiary/aromatic N) is 1. The van der Waals surface area contributed by atoms with Crippen molar-refractivity contribution in [2.45, 2.75) is 6.61 Å². The Morgan fingerprint density at radius 2 is 1.58 bits per heavy atom. The Morgan fingerprint density at radius 1 is 0.885 bits per heavy atom. The Hall–Kier alpha value is -3.54. The van der Waals surface area contributed by atoms with Gasteiger partial charge in [0.15, 0.2) is 11.5 Å². The fraction of sp³-hybridized carbons (Fsp3) is 0.100. The molecule has 0 heterocycles. The molecule has 0 spiro atoms. The first-order valence-electron chi connectivity index (χ1n) is 7.93. The van der Waals surface area contributed by atoms with Crippen molar-refractivity contribution in [2.24, 2.45) is 0 Å². The highest BCUT2D eigenvalue weighted by Gasteiger charge is 2.09. The number of hydrogen-bond donors (Lipinski definition) is 0. The van der Waals surface area contributed by atoms with Crippen LogP contribution >= 0.6 is 0 Å². The summed E-state index contributed by atoms with van der Waals surface area (Å²) in [6.07, 6.45) is 0. The summed E-state index contributed by atoms with van der Waals surface area (Å²) in [7, 11) is 1.57. The van der Waals surface area contributed by atoms with Crippen LogP contribution in [0.3, 0.4) is 0 Å². The van der Waals surface area contributed by atoms with Crippen molar-refractivity contribution in [3.63, 3.8) is 0 Å². The Morgan fingerprint density at radius 3 is 2.23 bits per heavy atom. The van der Waals surface area contributed by atoms with Crippen LogP contribution < -0.4 is 14.2 Å². The number of ether oxygens (including phenoxy) is 3. The normalized spacial score (nSPS) is 10.2. The van der Waals surface area contributed by atoms with Crippen molar-refractivity contribution in [2.75, 3.05) is 7.11 Å². The van der Waals surface area contributed by atoms with E-state index in [1.165, 1.54) is 12.1 Å². The molecule has 0 amide bonds. The molecule has 0 aliphatic rings. The molecule has 6 nitrogen and oxygen atoms in total. The van der Waals surface area contributed by atoms with Crippen LogP contribution in [0.25, 0.3) is 0 Å². The minimum atomic E-state index is -0.452. The molecular formula is C20H17NO5. The highest BCUT2D eigenvalue weighted by molar-refractivity contribution is 5.47. The highest BCUT2D eigenvalue weighted by atomic mass is 16.6. The number of non-ortho nitro benzene ring substituents is 1. The molecule has 132 valence electrons. The number of rotatable bonds is 7. The van der Waals surface area contributed by atoms with Crippen LogP contribution in [0.5, 0.6) is 23.0 Å². The summed E-state index contributed by atoms with van der Waals surface area (Å²) >= 11 is 0. The van der Waals surface area contributed by atoms with E-state index in [2.05, 4.69) is 0 Å². The summed E-state index contributed by atoms with van der Waals surface area (Å²) in [5.41, 5.74) is 1.05. The summed E-state index contributed by atoms with van der Waals surface area (Å²) in [4.78, 5) is 10.3. The van der Waals surface area contributed by atoms with E-state index in [-0.39, 0.29) is 5.69 Å². The van der Waals surface area contributed by atoms with Crippen LogP contribution in [0.1, 0.15) is 5.56 Å². The summed E-state index contributed by atoms with van der Waals surface area (Å²) < 4.78 is 16.9. The Labute approximate surface area is 150 Å². The standard InChI is InChI=1S/C20H17NO5/c1-24-19-12-11-18(26-17-9-7-16(8-10-17)21(22)23)13-20(19)25-14-15-5-3-2-4-6-15/h2-13H,14H2,1H3. The van der Waals surface area contributed by atoms with E-state index in [9.17, 15) is 10.1 Å². The first-order valence-corrected chi connectivity index (χ1v) is 7.93. The molecule has 6 heteroatoms. The van der Waals surface area contributed by atoms with E-state index in [1.807, 2.05) is 30.3 Å². The lowest BCUT2D eigenvalue weighted by Crippen LogP contribution is -1.98. The molecule has 0 aromatic heterocycles. The fourth-order valence-electron chi connectivity index (χ4n) is 2.34. The molecule has 0 aliphatic heterocycles. The van der Waals surface area contributed by atoms with Crippen LogP contribution in [0, 0.1) is 10.1 Å². The molecule has 0 fully saturated rings. The van der Waals surface area contributed by atoms with Gasteiger partial charge in [-0.1, -0.05) is 30.3 Å². The predicted molar refractivity (Wildman–Crippen MR) is 96.9 cm³/mol. The molecule has 0 unspecified atom stereocenters. The third-order valence-corrected chi connectivity index (χ3v) is 3.66. The van der Waals surface area contributed by atoms with Gasteiger partial charge >= 0.3 is 0 Å². The van der Waals surface area contributed by atoms with Gasteiger partial charge in [0.2, 0.25) is 0 Å². The largest absolute Gasteiger partial charge is 0.493 e. The SMILES string of the molecule is COc1ccc(Oc2ccc([N+](=O)[O-])cc2)cc1OCc1ccccc1. The lowest BCUT2D eigenvalue weighted by molar-refractivity contribution is -0.384. The Kier molecular flexibility index (Phi) is 5.34. The van der Waals surface area contributed by atoms with Crippen molar-refractivity contribution in [3.8, 4) is 23.0 Å². The second-order valence-electron chi connectivity index (χ2n) is 5.44. The zero-order chi connectivity index (χ0) is 18.4. The predicted octanol–water partition coefficient (Wildman–Crippen LogP) is 4.97. The molecule has 0 bridgehead atoms. The Balaban J connectivity index is 1.74. The van der Waals surface area contributed by atoms with Gasteiger partial charge in [0.05, 0.1) is 12.0 Å². The zero-order valence-electron chi connectivity index (χ0n) is 14.1. The van der Waals surface area contributed by atoms with Gasteiger partial charge < -0.3 is 14.2 Å². The number of nitro groups is 1. The lowest BCUT2D eigenvalue weighted by Gasteiger charge is -2.13. The van der Waals surface area contributed by atoms with Gasteiger partial charge in [-0.15, -0.1) is 0 Å². The third-order valence-electron chi connectivity index (χ3n) is 3.66. The average molecular weight is 351 g/mol. The minimum Gasteiger partial charge on any atom is -0.493 e. The molecule has 0 N–H and O–H groups in total. The summed E-state index contributed by atoms with van der Waals surface area (Å²) in [5.74, 6) is 2.19. The van der Waals surface area contributed by atoms with Crippen molar-refractivity contribution >= 4 is 5.69 Å². The number of methoxy groups -OCH3 is 1. The number of benzene rings is 3. The molecular weight excluding hydrogens is 334 g/mol. The van der Waals surface area contributed by atoms with Crippen molar-refractivity contribution in [1.82, 2.24) is 0 Å². The van der Waals surface area contributed by atoms with Crippen molar-refractivity contribution in [3.05, 3.63) is 88.5 Å². The fourth-order valence-corrected chi connectivity index (χ4v) is 2.34. The molecule has 0 radical (unpaired) electrons. The van der Waals surface area contributed by atoms with Crippen molar-refractivity contribution in [1.29, 1.82) is 0 Å². The molecule has 0 atom stereocenters. The first-order chi connectivity index (χ1) is 12.7. The molecule has 26 heavy (non-hydrogen) atoms. The smallest absolute Gasteiger partial charge is 0.269 e. The van der Waals surface area contributed by atoms with Crippen LogP contribution in [-0.4, -0.2) is 12.0 Å². The molecule has 3 aromatic carbocycles. The zero-order valence-corrected chi connectivity index (χ0v) is 14.1. The van der Waals surface area contributed by atoms with Gasteiger partial charge in [0.25, 0.3) is 5.69 Å². The molecule has 3 rings (SSSR count). The van der Waals surface area contributed by atoms with Gasteiger partial charge in [0.1, 0.15) is 18.1 Å². The van der Waals surface area contributed by atoms with Gasteiger partial charge in [-0.2, -0.15) is 0 Å². The van der Waals surface area contributed by atoms with E-state index < -0.39 is 4.92 Å². The van der Waals surface area contributed by atoms with E-state index in [4.69, 9.17) is 14.2 Å². The van der Waals surface area contributed by atoms with Crippen LogP contribution in [0.4, 0.5) is 5.69 Å². The number of nitro benzene ring substituents is 1. The number of hydrogen-bond acceptors (Lipinski definition) is 5. The first kappa shape index (κ1) is 17.3. The third kappa shape index (κ3) is 4.30. The maximum Gasteiger partial charge on any atom is 0.269 e. The maximum atomic E-state index is 10.7. The topological polar surface area (TPSA) is 70.8 Å². The van der Waals surface area contributed by atoms with Crippen LogP contribution in [0.2, 0.25) is 0 Å². The molecule has 3 aromatic rings. The van der Waals surface area contributed by atoms with E-state index in [0.717, 1.165) is 5.56 Å². The summed E-state index contributed by atoms with van der Waals surface area (Å²) in [5, 5.41) is 10.7. The van der Waals surface area contributed by atoms with Gasteiger partial charge in [-0.25, -0.2) is 0 Å². The van der Waals surface area contributed by atoms with E-state index in [0.29, 0.717) is 29.6 Å². The van der Waals surface area contributed by atoms with Gasteiger partial charge in [-0.05, 0) is 29.8 Å². The van der Waals surface area contributed by atoms with Crippen LogP contribution in [0.15, 0.2) is 72.8 Å². The van der Waals surface area contributed by atoms with Gasteiger partial charge in [-0.3, -0.25) is 10.1 Å². The lowest BCUT2D eigenvalue weighted by atomic mass is 10.2. The quantitative estimate of drug-likeness (QED) is 0.444. The molecule has 0 aliphatic carbocycles. The van der Waals surface area contributed by atoms with E-state index >= 15 is 0 Å². The highest BCUT2D eigenvalue weighted by Crippen LogP contribution is 2.34. The van der Waals surface area contributed by atoms with Crippen LogP contribution in [-0.2, 0) is 6.61 Å². The second kappa shape index (κ2) is 8.02. The summed E-state index contributed by atoms with van der Waals surface area (Å²) in [6, 6.07) is 20.9. The molecule has 0 saturated heterocycles. The minimum absolute atomic E-state index is 0.0129. The van der Waals surface area contributed by atoms with Gasteiger partial charge in [0, 0.05) is 18.2 Å². The molecule has 0 saturated carbocycles. The van der Waals surface area contributed by atoms with Crippen molar-refractivity contribution < 1.29 is 19.1 Å². The Bertz CT molecular complexity index is 878. The second-order valence-corrected chi connectivity index (χ2v) is 5.44. The maximum absolute atomic E-state index is 10.7. The van der Waals surface area contributed by atoms with E-state index in [1.54, 1.807) is 37.4 Å².